The normalized spacial score (nSPS) is 12.7. The number of thiazole rings is 1. The number of fused-ring (bicyclic) bond motifs is 1. The van der Waals surface area contributed by atoms with Gasteiger partial charge >= 0.3 is 0 Å². The van der Waals surface area contributed by atoms with Gasteiger partial charge in [0.2, 0.25) is 0 Å². The van der Waals surface area contributed by atoms with E-state index in [0.29, 0.717) is 12.0 Å². The highest BCUT2D eigenvalue weighted by Crippen LogP contribution is 2.29. The van der Waals surface area contributed by atoms with E-state index in [1.54, 1.807) is 29.5 Å². The third-order valence-electron chi connectivity index (χ3n) is 3.41. The van der Waals surface area contributed by atoms with Crippen molar-refractivity contribution in [1.29, 1.82) is 0 Å². The van der Waals surface area contributed by atoms with Gasteiger partial charge in [0.1, 0.15) is 10.8 Å². The molecule has 0 fully saturated rings. The Morgan fingerprint density at radius 2 is 2.05 bits per heavy atom. The zero-order chi connectivity index (χ0) is 14.8. The number of halogens is 2. The van der Waals surface area contributed by atoms with Crippen molar-refractivity contribution in [2.45, 2.75) is 12.5 Å². The number of para-hydroxylation sites is 1. The second-order valence-electron chi connectivity index (χ2n) is 4.78. The van der Waals surface area contributed by atoms with Gasteiger partial charge in [0.15, 0.2) is 0 Å². The lowest BCUT2D eigenvalue weighted by Crippen LogP contribution is -2.19. The summed E-state index contributed by atoms with van der Waals surface area (Å²) in [5.41, 5.74) is 1.57. The molecule has 0 amide bonds. The molecule has 1 atom stereocenters. The van der Waals surface area contributed by atoms with Crippen LogP contribution in [0.4, 0.5) is 4.39 Å². The second kappa shape index (κ2) is 6.10. The van der Waals surface area contributed by atoms with Crippen molar-refractivity contribution in [2.75, 3.05) is 7.05 Å². The summed E-state index contributed by atoms with van der Waals surface area (Å²) < 4.78 is 15.2. The van der Waals surface area contributed by atoms with Gasteiger partial charge in [-0.25, -0.2) is 9.37 Å². The van der Waals surface area contributed by atoms with Crippen LogP contribution in [0.25, 0.3) is 10.2 Å². The van der Waals surface area contributed by atoms with Gasteiger partial charge in [-0.15, -0.1) is 11.3 Å². The fourth-order valence-corrected chi connectivity index (χ4v) is 3.55. The molecule has 1 N–H and O–H groups in total. The summed E-state index contributed by atoms with van der Waals surface area (Å²) in [7, 11) is 1.86. The molecule has 2 aromatic carbocycles. The van der Waals surface area contributed by atoms with Crippen molar-refractivity contribution < 1.29 is 4.39 Å². The Morgan fingerprint density at radius 1 is 1.24 bits per heavy atom. The third kappa shape index (κ3) is 2.93. The van der Waals surface area contributed by atoms with E-state index >= 15 is 0 Å². The Kier molecular flexibility index (Phi) is 4.19. The Bertz CT molecular complexity index is 739. The highest BCUT2D eigenvalue weighted by atomic mass is 35.5. The molecule has 3 rings (SSSR count). The van der Waals surface area contributed by atoms with Crippen LogP contribution in [0.2, 0.25) is 5.02 Å². The number of nitrogens with one attached hydrogen (secondary N) is 1. The maximum absolute atomic E-state index is 14.0. The van der Waals surface area contributed by atoms with Gasteiger partial charge < -0.3 is 5.32 Å². The summed E-state index contributed by atoms with van der Waals surface area (Å²) in [4.78, 5) is 4.63. The van der Waals surface area contributed by atoms with E-state index in [0.717, 1.165) is 15.2 Å². The Hall–Kier alpha value is -1.49. The smallest absolute Gasteiger partial charge is 0.145 e. The van der Waals surface area contributed by atoms with E-state index in [2.05, 4.69) is 10.3 Å². The first-order valence-electron chi connectivity index (χ1n) is 6.64. The molecule has 108 valence electrons. The minimum absolute atomic E-state index is 0.0321. The molecule has 0 aliphatic carbocycles. The summed E-state index contributed by atoms with van der Waals surface area (Å²) in [6.07, 6.45) is 0.517. The van der Waals surface area contributed by atoms with Crippen LogP contribution in [-0.4, -0.2) is 12.0 Å². The largest absolute Gasteiger partial charge is 0.311 e. The molecule has 0 radical (unpaired) electrons. The molecule has 5 heteroatoms. The predicted octanol–water partition coefficient (Wildman–Crippen LogP) is 4.59. The first kappa shape index (κ1) is 14.4. The van der Waals surface area contributed by atoms with E-state index < -0.39 is 0 Å². The highest BCUT2D eigenvalue weighted by Gasteiger charge is 2.17. The van der Waals surface area contributed by atoms with E-state index in [1.165, 1.54) is 0 Å². The number of hydrogen-bond acceptors (Lipinski definition) is 3. The average Bonchev–Trinajstić information content (AvgIpc) is 2.92. The zero-order valence-corrected chi connectivity index (χ0v) is 13.0. The van der Waals surface area contributed by atoms with Gasteiger partial charge in [-0.1, -0.05) is 35.9 Å². The molecule has 0 spiro atoms. The monoisotopic (exact) mass is 320 g/mol. The molecule has 0 saturated heterocycles. The lowest BCUT2D eigenvalue weighted by molar-refractivity contribution is 0.553. The summed E-state index contributed by atoms with van der Waals surface area (Å²) >= 11 is 7.47. The van der Waals surface area contributed by atoms with Crippen LogP contribution < -0.4 is 5.32 Å². The summed E-state index contributed by atoms with van der Waals surface area (Å²) in [5.74, 6) is -0.347. The molecule has 1 heterocycles. The van der Waals surface area contributed by atoms with Gasteiger partial charge in [0, 0.05) is 0 Å². The molecule has 0 saturated carbocycles. The Morgan fingerprint density at radius 3 is 2.81 bits per heavy atom. The van der Waals surface area contributed by atoms with Gasteiger partial charge in [0.05, 0.1) is 21.3 Å². The van der Waals surface area contributed by atoms with Gasteiger partial charge in [-0.2, -0.15) is 0 Å². The number of hydrogen-bond donors (Lipinski definition) is 1. The Balaban J connectivity index is 1.93. The quantitative estimate of drug-likeness (QED) is 0.760. The molecule has 0 bridgehead atoms. The molecular weight excluding hydrogens is 307 g/mol. The lowest BCUT2D eigenvalue weighted by Gasteiger charge is -2.14. The molecular formula is C16H14ClFN2S. The fourth-order valence-electron chi connectivity index (χ4n) is 2.28. The molecule has 0 aliphatic heterocycles. The van der Waals surface area contributed by atoms with Crippen molar-refractivity contribution >= 4 is 33.2 Å². The summed E-state index contributed by atoms with van der Waals surface area (Å²) in [5, 5.41) is 4.33. The van der Waals surface area contributed by atoms with Gasteiger partial charge in [-0.05, 0) is 37.2 Å². The summed E-state index contributed by atoms with van der Waals surface area (Å²) in [6.45, 7) is 0. The fraction of sp³-hybridized carbons (Fsp3) is 0.188. The standard InChI is InChI=1S/C16H14ClFN2S/c1-19-13(9-10-5-4-6-11(17)15(10)18)16-20-12-7-2-3-8-14(12)21-16/h2-8,13,19H,9H2,1H3. The minimum Gasteiger partial charge on any atom is -0.311 e. The van der Waals surface area contributed by atoms with Crippen molar-refractivity contribution in [1.82, 2.24) is 10.3 Å². The molecule has 0 aliphatic rings. The lowest BCUT2D eigenvalue weighted by atomic mass is 10.1. The van der Waals surface area contributed by atoms with Crippen molar-refractivity contribution in [3.63, 3.8) is 0 Å². The topological polar surface area (TPSA) is 24.9 Å². The summed E-state index contributed by atoms with van der Waals surface area (Å²) in [6, 6.07) is 13.1. The highest BCUT2D eigenvalue weighted by molar-refractivity contribution is 7.18. The van der Waals surface area contributed by atoms with E-state index in [-0.39, 0.29) is 16.9 Å². The van der Waals surface area contributed by atoms with Crippen LogP contribution in [0.15, 0.2) is 42.5 Å². The van der Waals surface area contributed by atoms with Gasteiger partial charge in [0.25, 0.3) is 0 Å². The second-order valence-corrected chi connectivity index (χ2v) is 6.25. The third-order valence-corrected chi connectivity index (χ3v) is 4.85. The van der Waals surface area contributed by atoms with Crippen LogP contribution in [0.5, 0.6) is 0 Å². The van der Waals surface area contributed by atoms with Crippen molar-refractivity contribution in [2.24, 2.45) is 0 Å². The van der Waals surface area contributed by atoms with Crippen LogP contribution in [-0.2, 0) is 6.42 Å². The minimum atomic E-state index is -0.347. The molecule has 1 aromatic heterocycles. The average molecular weight is 321 g/mol. The van der Waals surface area contributed by atoms with Crippen molar-refractivity contribution in [3.8, 4) is 0 Å². The maximum Gasteiger partial charge on any atom is 0.145 e. The number of benzene rings is 2. The maximum atomic E-state index is 14.0. The van der Waals surface area contributed by atoms with Gasteiger partial charge in [-0.3, -0.25) is 0 Å². The Labute approximate surface area is 131 Å². The zero-order valence-electron chi connectivity index (χ0n) is 11.4. The van der Waals surface area contributed by atoms with Crippen LogP contribution in [0.3, 0.4) is 0 Å². The van der Waals surface area contributed by atoms with Crippen molar-refractivity contribution in [3.05, 3.63) is 63.9 Å². The van der Waals surface area contributed by atoms with Crippen LogP contribution >= 0.6 is 22.9 Å². The number of nitrogens with zero attached hydrogens (tertiary/aromatic N) is 1. The first-order valence-corrected chi connectivity index (χ1v) is 7.84. The van der Waals surface area contributed by atoms with Crippen LogP contribution in [0, 0.1) is 5.82 Å². The SMILES string of the molecule is CNC(Cc1cccc(Cl)c1F)c1nc2ccccc2s1. The number of rotatable bonds is 4. The van der Waals surface area contributed by atoms with Crippen LogP contribution in [0.1, 0.15) is 16.6 Å². The predicted molar refractivity (Wildman–Crippen MR) is 86.5 cm³/mol. The molecule has 1 unspecified atom stereocenters. The number of likely N-dealkylation sites (N-methyl/N-ethyl adjacent to an activating group) is 1. The number of aromatic nitrogens is 1. The molecule has 3 aromatic rings. The molecule has 2 nitrogen and oxygen atoms in total. The van der Waals surface area contributed by atoms with E-state index in [9.17, 15) is 4.39 Å². The molecule has 21 heavy (non-hydrogen) atoms. The van der Waals surface area contributed by atoms with E-state index in [1.807, 2.05) is 31.3 Å². The van der Waals surface area contributed by atoms with E-state index in [4.69, 9.17) is 11.6 Å². The first-order chi connectivity index (χ1) is 10.2.